The minimum atomic E-state index is -0.203. The summed E-state index contributed by atoms with van der Waals surface area (Å²) in [5, 5.41) is 3.82. The molecule has 0 aliphatic heterocycles. The average molecular weight is 307 g/mol. The summed E-state index contributed by atoms with van der Waals surface area (Å²) in [6.07, 6.45) is 0. The third-order valence-corrected chi connectivity index (χ3v) is 3.90. The van der Waals surface area contributed by atoms with E-state index in [0.717, 1.165) is 11.1 Å². The molecule has 0 aliphatic carbocycles. The van der Waals surface area contributed by atoms with Crippen LogP contribution in [0.15, 0.2) is 42.5 Å². The first-order valence-electron chi connectivity index (χ1n) is 6.93. The van der Waals surface area contributed by atoms with Crippen LogP contribution in [0.3, 0.4) is 0 Å². The van der Waals surface area contributed by atoms with Crippen LogP contribution in [0.1, 0.15) is 24.1 Å². The van der Waals surface area contributed by atoms with Gasteiger partial charge in [0, 0.05) is 24.7 Å². The average Bonchev–Trinajstić information content (AvgIpc) is 2.48. The van der Waals surface area contributed by atoms with Gasteiger partial charge in [0.25, 0.3) is 0 Å². The van der Waals surface area contributed by atoms with E-state index in [2.05, 4.69) is 5.32 Å². The van der Waals surface area contributed by atoms with Crippen molar-refractivity contribution in [2.75, 3.05) is 19.0 Å². The molecule has 0 aliphatic rings. The predicted octanol–water partition coefficient (Wildman–Crippen LogP) is 4.40. The molecule has 0 saturated heterocycles. The van der Waals surface area contributed by atoms with Gasteiger partial charge in [0.2, 0.25) is 0 Å². The molecule has 2 aromatic rings. The molecule has 2 rings (SSSR count). The molecule has 0 spiro atoms. The zero-order valence-electron chi connectivity index (χ0n) is 12.5. The first-order chi connectivity index (χ1) is 10.0. The lowest BCUT2D eigenvalue weighted by Gasteiger charge is -2.21. The van der Waals surface area contributed by atoms with Gasteiger partial charge in [-0.3, -0.25) is 0 Å². The highest BCUT2D eigenvalue weighted by Crippen LogP contribution is 2.24. The maximum absolute atomic E-state index is 14.3. The number of nitrogens with one attached hydrogen (secondary N) is 1. The van der Waals surface area contributed by atoms with Crippen molar-refractivity contribution in [1.29, 1.82) is 0 Å². The van der Waals surface area contributed by atoms with Crippen LogP contribution in [-0.2, 0) is 6.54 Å². The van der Waals surface area contributed by atoms with Gasteiger partial charge in [-0.05, 0) is 49.4 Å². The zero-order valence-corrected chi connectivity index (χ0v) is 13.3. The van der Waals surface area contributed by atoms with E-state index < -0.39 is 0 Å². The summed E-state index contributed by atoms with van der Waals surface area (Å²) in [5.74, 6) is -0.203. The van der Waals surface area contributed by atoms with E-state index in [9.17, 15) is 4.39 Å². The summed E-state index contributed by atoms with van der Waals surface area (Å²) in [4.78, 5) is 1.90. The molecule has 0 amide bonds. The third-order valence-electron chi connectivity index (χ3n) is 3.65. The molecule has 112 valence electrons. The second kappa shape index (κ2) is 6.92. The van der Waals surface area contributed by atoms with Crippen molar-refractivity contribution >= 4 is 17.3 Å². The first-order valence-corrected chi connectivity index (χ1v) is 7.31. The highest BCUT2D eigenvalue weighted by atomic mass is 35.5. The van der Waals surface area contributed by atoms with Gasteiger partial charge >= 0.3 is 0 Å². The molecule has 1 atom stereocenters. The Balaban J connectivity index is 2.15. The van der Waals surface area contributed by atoms with Gasteiger partial charge in [0.15, 0.2) is 0 Å². The largest absolute Gasteiger partial charge is 0.368 e. The summed E-state index contributed by atoms with van der Waals surface area (Å²) in [5.41, 5.74) is 2.63. The number of halogens is 2. The van der Waals surface area contributed by atoms with Crippen molar-refractivity contribution in [2.24, 2.45) is 0 Å². The Morgan fingerprint density at radius 2 is 1.86 bits per heavy atom. The number of nitrogens with zero attached hydrogens (tertiary/aromatic N) is 1. The molecule has 0 saturated carbocycles. The Morgan fingerprint density at radius 3 is 2.43 bits per heavy atom. The zero-order chi connectivity index (χ0) is 15.4. The summed E-state index contributed by atoms with van der Waals surface area (Å²) >= 11 is 5.87. The fourth-order valence-electron chi connectivity index (χ4n) is 2.22. The van der Waals surface area contributed by atoms with Crippen LogP contribution in [0.2, 0.25) is 5.02 Å². The molecular weight excluding hydrogens is 287 g/mol. The van der Waals surface area contributed by atoms with Crippen LogP contribution in [0.4, 0.5) is 10.1 Å². The second-order valence-electron chi connectivity index (χ2n) is 5.20. The molecule has 2 aromatic carbocycles. The van der Waals surface area contributed by atoms with Crippen molar-refractivity contribution in [2.45, 2.75) is 19.5 Å². The number of benzene rings is 2. The molecule has 0 fully saturated rings. The topological polar surface area (TPSA) is 15.3 Å². The normalized spacial score (nSPS) is 12.2. The summed E-state index contributed by atoms with van der Waals surface area (Å²) in [7, 11) is 3.75. The highest BCUT2D eigenvalue weighted by Gasteiger charge is 2.11. The molecule has 0 radical (unpaired) electrons. The summed E-state index contributed by atoms with van der Waals surface area (Å²) in [6, 6.07) is 13.1. The lowest BCUT2D eigenvalue weighted by molar-refractivity contribution is 0.605. The van der Waals surface area contributed by atoms with Crippen molar-refractivity contribution in [3.8, 4) is 0 Å². The van der Waals surface area contributed by atoms with Crippen molar-refractivity contribution < 1.29 is 4.39 Å². The third kappa shape index (κ3) is 3.96. The Bertz CT molecular complexity index is 598. The van der Waals surface area contributed by atoms with E-state index in [1.807, 2.05) is 62.3 Å². The monoisotopic (exact) mass is 306 g/mol. The lowest BCUT2D eigenvalue weighted by atomic mass is 10.1. The fraction of sp³-hybridized carbons (Fsp3) is 0.294. The summed E-state index contributed by atoms with van der Waals surface area (Å²) < 4.78 is 14.3. The van der Waals surface area contributed by atoms with Crippen LogP contribution in [-0.4, -0.2) is 14.1 Å². The Kier molecular flexibility index (Phi) is 5.21. The minimum absolute atomic E-state index is 0.134. The predicted molar refractivity (Wildman–Crippen MR) is 87.4 cm³/mol. The standard InChI is InChI=1S/C17H20ClFN2/c1-12(20-2)14-6-9-17(16(19)10-14)21(3)11-13-4-7-15(18)8-5-13/h4-10,12,20H,11H2,1-3H3. The molecule has 0 aromatic heterocycles. The number of hydrogen-bond donors (Lipinski definition) is 1. The van der Waals surface area contributed by atoms with E-state index in [0.29, 0.717) is 17.3 Å². The van der Waals surface area contributed by atoms with Crippen LogP contribution in [0, 0.1) is 5.82 Å². The molecule has 4 heteroatoms. The van der Waals surface area contributed by atoms with E-state index in [1.165, 1.54) is 0 Å². The number of anilines is 1. The highest BCUT2D eigenvalue weighted by molar-refractivity contribution is 6.30. The summed E-state index contributed by atoms with van der Waals surface area (Å²) in [6.45, 7) is 2.64. The van der Waals surface area contributed by atoms with Gasteiger partial charge in [0.05, 0.1) is 5.69 Å². The molecule has 1 unspecified atom stereocenters. The minimum Gasteiger partial charge on any atom is -0.368 e. The Morgan fingerprint density at radius 1 is 1.19 bits per heavy atom. The molecular formula is C17H20ClFN2. The van der Waals surface area contributed by atoms with Gasteiger partial charge < -0.3 is 10.2 Å². The van der Waals surface area contributed by atoms with Crippen LogP contribution >= 0.6 is 11.6 Å². The maximum atomic E-state index is 14.3. The Hall–Kier alpha value is -1.58. The van der Waals surface area contributed by atoms with Gasteiger partial charge in [-0.15, -0.1) is 0 Å². The quantitative estimate of drug-likeness (QED) is 0.881. The fourth-order valence-corrected chi connectivity index (χ4v) is 2.34. The van der Waals surface area contributed by atoms with Crippen LogP contribution < -0.4 is 10.2 Å². The van der Waals surface area contributed by atoms with E-state index in [1.54, 1.807) is 6.07 Å². The van der Waals surface area contributed by atoms with E-state index in [4.69, 9.17) is 11.6 Å². The van der Waals surface area contributed by atoms with Gasteiger partial charge in [-0.25, -0.2) is 4.39 Å². The van der Waals surface area contributed by atoms with Gasteiger partial charge in [-0.1, -0.05) is 29.8 Å². The SMILES string of the molecule is CNC(C)c1ccc(N(C)Cc2ccc(Cl)cc2)c(F)c1. The molecule has 1 N–H and O–H groups in total. The van der Waals surface area contributed by atoms with Gasteiger partial charge in [-0.2, -0.15) is 0 Å². The van der Waals surface area contributed by atoms with E-state index >= 15 is 0 Å². The molecule has 0 bridgehead atoms. The number of rotatable bonds is 5. The van der Waals surface area contributed by atoms with Crippen LogP contribution in [0.5, 0.6) is 0 Å². The van der Waals surface area contributed by atoms with Crippen molar-refractivity contribution in [3.63, 3.8) is 0 Å². The Labute approximate surface area is 130 Å². The molecule has 2 nitrogen and oxygen atoms in total. The first kappa shape index (κ1) is 15.8. The van der Waals surface area contributed by atoms with Crippen molar-refractivity contribution in [1.82, 2.24) is 5.32 Å². The lowest BCUT2D eigenvalue weighted by Crippen LogP contribution is -2.18. The molecule has 0 heterocycles. The maximum Gasteiger partial charge on any atom is 0.146 e. The van der Waals surface area contributed by atoms with E-state index in [-0.39, 0.29) is 11.9 Å². The second-order valence-corrected chi connectivity index (χ2v) is 5.64. The molecule has 21 heavy (non-hydrogen) atoms. The smallest absolute Gasteiger partial charge is 0.146 e. The number of hydrogen-bond acceptors (Lipinski definition) is 2. The van der Waals surface area contributed by atoms with Crippen molar-refractivity contribution in [3.05, 3.63) is 64.4 Å². The van der Waals surface area contributed by atoms with Gasteiger partial charge in [0.1, 0.15) is 5.82 Å². The van der Waals surface area contributed by atoms with Crippen LogP contribution in [0.25, 0.3) is 0 Å².